The number of likely N-dealkylation sites (tertiary alicyclic amines) is 1. The van der Waals surface area contributed by atoms with Gasteiger partial charge in [-0.3, -0.25) is 9.59 Å². The third-order valence-corrected chi connectivity index (χ3v) is 6.39. The molecular weight excluding hydrogens is 328 g/mol. The van der Waals surface area contributed by atoms with Gasteiger partial charge in [0.2, 0.25) is 0 Å². The molecule has 4 atom stereocenters. The molecule has 5 heteroatoms. The Hall–Kier alpha value is -2.14. The number of aromatic amines is 1. The highest BCUT2D eigenvalue weighted by Gasteiger charge is 2.48. The molecule has 4 rings (SSSR count). The number of ether oxygens (including phenoxy) is 1. The molecule has 1 aromatic carbocycles. The first-order valence-electron chi connectivity index (χ1n) is 9.45. The van der Waals surface area contributed by atoms with Gasteiger partial charge in [-0.15, -0.1) is 0 Å². The number of rotatable bonds is 2. The van der Waals surface area contributed by atoms with Gasteiger partial charge in [0.25, 0.3) is 0 Å². The van der Waals surface area contributed by atoms with Crippen LogP contribution in [-0.2, 0) is 9.53 Å². The normalized spacial score (nSPS) is 29.1. The minimum atomic E-state index is -0.403. The zero-order valence-corrected chi connectivity index (χ0v) is 15.6. The SMILES string of the molecule is CCC1CN(C)CC2C(C(=O)OC)c3c([nH]c4ccccc34)C(=O)CC12. The van der Waals surface area contributed by atoms with E-state index in [9.17, 15) is 9.59 Å². The molecule has 1 aliphatic carbocycles. The highest BCUT2D eigenvalue weighted by molar-refractivity contribution is 6.05. The number of fused-ring (bicyclic) bond motifs is 4. The number of H-pyrrole nitrogens is 1. The van der Waals surface area contributed by atoms with Crippen molar-refractivity contribution in [2.75, 3.05) is 27.2 Å². The first-order chi connectivity index (χ1) is 12.5. The van der Waals surface area contributed by atoms with Crippen molar-refractivity contribution < 1.29 is 14.3 Å². The molecule has 5 nitrogen and oxygen atoms in total. The predicted molar refractivity (Wildman–Crippen MR) is 100 cm³/mol. The van der Waals surface area contributed by atoms with Crippen molar-refractivity contribution in [2.24, 2.45) is 17.8 Å². The van der Waals surface area contributed by atoms with Crippen LogP contribution in [0.25, 0.3) is 10.9 Å². The van der Waals surface area contributed by atoms with Gasteiger partial charge >= 0.3 is 5.97 Å². The van der Waals surface area contributed by atoms with Gasteiger partial charge in [0.05, 0.1) is 18.7 Å². The zero-order valence-electron chi connectivity index (χ0n) is 15.6. The fourth-order valence-corrected chi connectivity index (χ4v) is 5.21. The molecule has 2 aliphatic rings. The van der Waals surface area contributed by atoms with E-state index in [4.69, 9.17) is 4.74 Å². The molecule has 1 aliphatic heterocycles. The van der Waals surface area contributed by atoms with E-state index in [1.54, 1.807) is 0 Å². The number of para-hydroxylation sites is 1. The van der Waals surface area contributed by atoms with Crippen LogP contribution in [0.15, 0.2) is 24.3 Å². The molecule has 1 N–H and O–H groups in total. The lowest BCUT2D eigenvalue weighted by Gasteiger charge is -2.43. The van der Waals surface area contributed by atoms with Gasteiger partial charge in [-0.05, 0) is 30.9 Å². The lowest BCUT2D eigenvalue weighted by molar-refractivity contribution is -0.145. The van der Waals surface area contributed by atoms with Crippen molar-refractivity contribution in [3.8, 4) is 0 Å². The maximum absolute atomic E-state index is 13.1. The lowest BCUT2D eigenvalue weighted by Crippen LogP contribution is -2.47. The second kappa shape index (κ2) is 6.54. The Kier molecular flexibility index (Phi) is 4.35. The summed E-state index contributed by atoms with van der Waals surface area (Å²) in [4.78, 5) is 31.7. The number of carbonyl (C=O) groups is 2. The van der Waals surface area contributed by atoms with Crippen molar-refractivity contribution in [2.45, 2.75) is 25.7 Å². The molecule has 0 saturated carbocycles. The van der Waals surface area contributed by atoms with E-state index in [0.29, 0.717) is 18.0 Å². The standard InChI is InChI=1S/C21H26N2O3/c1-4-12-10-23(2)11-15-14(12)9-17(24)20-18(19(15)21(25)26-3)13-7-5-6-8-16(13)22-20/h5-8,12,14-15,19,22H,4,9-11H2,1-3H3. The molecule has 1 saturated heterocycles. The van der Waals surface area contributed by atoms with Gasteiger partial charge in [-0.25, -0.2) is 0 Å². The minimum Gasteiger partial charge on any atom is -0.469 e. The van der Waals surface area contributed by atoms with Gasteiger partial charge in [0.15, 0.2) is 5.78 Å². The van der Waals surface area contributed by atoms with Crippen molar-refractivity contribution >= 4 is 22.7 Å². The number of aromatic nitrogens is 1. The fourth-order valence-electron chi connectivity index (χ4n) is 5.21. The van der Waals surface area contributed by atoms with Crippen LogP contribution in [0, 0.1) is 17.8 Å². The Morgan fingerprint density at radius 2 is 2.04 bits per heavy atom. The molecule has 4 unspecified atom stereocenters. The number of ketones is 1. The van der Waals surface area contributed by atoms with Crippen LogP contribution in [0.1, 0.15) is 41.7 Å². The Morgan fingerprint density at radius 1 is 1.27 bits per heavy atom. The fraction of sp³-hybridized carbons (Fsp3) is 0.524. The molecule has 26 heavy (non-hydrogen) atoms. The van der Waals surface area contributed by atoms with Gasteiger partial charge < -0.3 is 14.6 Å². The molecule has 138 valence electrons. The quantitative estimate of drug-likeness (QED) is 0.841. The molecule has 0 bridgehead atoms. The minimum absolute atomic E-state index is 0.0931. The summed E-state index contributed by atoms with van der Waals surface area (Å²) >= 11 is 0. The van der Waals surface area contributed by atoms with Crippen LogP contribution < -0.4 is 0 Å². The van der Waals surface area contributed by atoms with Crippen molar-refractivity contribution in [3.05, 3.63) is 35.5 Å². The van der Waals surface area contributed by atoms with Crippen molar-refractivity contribution in [1.29, 1.82) is 0 Å². The Balaban J connectivity index is 1.94. The summed E-state index contributed by atoms with van der Waals surface area (Å²) in [7, 11) is 3.55. The van der Waals surface area contributed by atoms with Crippen LogP contribution in [0.4, 0.5) is 0 Å². The molecule has 2 heterocycles. The number of piperidine rings is 1. The second-order valence-corrected chi connectivity index (χ2v) is 7.80. The third kappa shape index (κ3) is 2.57. The van der Waals surface area contributed by atoms with E-state index < -0.39 is 5.92 Å². The van der Waals surface area contributed by atoms with Crippen LogP contribution in [-0.4, -0.2) is 48.9 Å². The Bertz CT molecular complexity index is 856. The number of nitrogens with one attached hydrogen (secondary N) is 1. The second-order valence-electron chi connectivity index (χ2n) is 7.80. The molecule has 1 aromatic heterocycles. The summed E-state index contributed by atoms with van der Waals surface area (Å²) in [5, 5.41) is 0.966. The topological polar surface area (TPSA) is 62.4 Å². The zero-order chi connectivity index (χ0) is 18.4. The third-order valence-electron chi connectivity index (χ3n) is 6.39. The smallest absolute Gasteiger partial charge is 0.313 e. The van der Waals surface area contributed by atoms with Gasteiger partial charge in [-0.2, -0.15) is 0 Å². The van der Waals surface area contributed by atoms with Crippen LogP contribution >= 0.6 is 0 Å². The summed E-state index contributed by atoms with van der Waals surface area (Å²) in [6.07, 6.45) is 1.52. The summed E-state index contributed by atoms with van der Waals surface area (Å²) in [5.41, 5.74) is 2.36. The Labute approximate surface area is 153 Å². The van der Waals surface area contributed by atoms with E-state index in [-0.39, 0.29) is 23.6 Å². The first kappa shape index (κ1) is 17.3. The van der Waals surface area contributed by atoms with Crippen molar-refractivity contribution in [3.63, 3.8) is 0 Å². The molecule has 2 aromatic rings. The largest absolute Gasteiger partial charge is 0.469 e. The monoisotopic (exact) mass is 354 g/mol. The summed E-state index contributed by atoms with van der Waals surface area (Å²) < 4.78 is 5.23. The van der Waals surface area contributed by atoms with Crippen LogP contribution in [0.2, 0.25) is 0 Å². The van der Waals surface area contributed by atoms with Crippen LogP contribution in [0.5, 0.6) is 0 Å². The van der Waals surface area contributed by atoms with Gasteiger partial charge in [-0.1, -0.05) is 31.5 Å². The number of Topliss-reactive ketones (excluding diaryl/α,β-unsaturated/α-hetero) is 1. The van der Waals surface area contributed by atoms with E-state index in [0.717, 1.165) is 36.0 Å². The van der Waals surface area contributed by atoms with E-state index in [1.165, 1.54) is 7.11 Å². The summed E-state index contributed by atoms with van der Waals surface area (Å²) in [5.74, 6) is 0.221. The van der Waals surface area contributed by atoms with Gasteiger partial charge in [0, 0.05) is 36.0 Å². The average Bonchev–Trinajstić information content (AvgIpc) is 2.97. The van der Waals surface area contributed by atoms with Gasteiger partial charge in [0.1, 0.15) is 0 Å². The average molecular weight is 354 g/mol. The summed E-state index contributed by atoms with van der Waals surface area (Å²) in [6, 6.07) is 7.86. The lowest BCUT2D eigenvalue weighted by atomic mass is 9.69. The highest BCUT2D eigenvalue weighted by Crippen LogP contribution is 2.47. The van der Waals surface area contributed by atoms with Crippen LogP contribution in [0.3, 0.4) is 0 Å². The number of carbonyl (C=O) groups excluding carboxylic acids is 2. The Morgan fingerprint density at radius 3 is 2.77 bits per heavy atom. The number of methoxy groups -OCH3 is 1. The first-order valence-corrected chi connectivity index (χ1v) is 9.45. The highest BCUT2D eigenvalue weighted by atomic mass is 16.5. The van der Waals surface area contributed by atoms with Crippen molar-refractivity contribution in [1.82, 2.24) is 9.88 Å². The maximum Gasteiger partial charge on any atom is 0.313 e. The predicted octanol–water partition coefficient (Wildman–Crippen LogP) is 3.21. The number of nitrogens with zero attached hydrogens (tertiary/aromatic N) is 1. The molecule has 1 fully saturated rings. The number of esters is 1. The maximum atomic E-state index is 13.1. The number of hydrogen-bond donors (Lipinski definition) is 1. The molecule has 0 spiro atoms. The molecule has 0 radical (unpaired) electrons. The van der Waals surface area contributed by atoms with E-state index in [1.807, 2.05) is 24.3 Å². The number of benzene rings is 1. The molecular formula is C21H26N2O3. The summed E-state index contributed by atoms with van der Waals surface area (Å²) in [6.45, 7) is 3.97. The van der Waals surface area contributed by atoms with E-state index in [2.05, 4.69) is 23.9 Å². The number of hydrogen-bond acceptors (Lipinski definition) is 4. The van der Waals surface area contributed by atoms with E-state index >= 15 is 0 Å². The molecule has 0 amide bonds.